The molecule has 1 aromatic carbocycles. The van der Waals surface area contributed by atoms with Crippen LogP contribution in [-0.4, -0.2) is 10.1 Å². The van der Waals surface area contributed by atoms with Crippen molar-refractivity contribution in [3.8, 4) is 5.75 Å². The number of hydrogen-bond donors (Lipinski definition) is 1. The minimum absolute atomic E-state index is 0.446. The fraction of sp³-hybridized carbons (Fsp3) is 0.438. The lowest BCUT2D eigenvalue weighted by atomic mass is 10.1. The average molecular weight is 291 g/mol. The number of aliphatic hydroxyl groups is 1. The smallest absolute Gasteiger partial charge is 0.131 e. The van der Waals surface area contributed by atoms with Crippen LogP contribution in [0.3, 0.4) is 0 Å². The van der Waals surface area contributed by atoms with Crippen LogP contribution in [0.25, 0.3) is 0 Å². The molecule has 0 saturated heterocycles. The van der Waals surface area contributed by atoms with E-state index >= 15 is 0 Å². The molecular weight excluding hydrogens is 270 g/mol. The van der Waals surface area contributed by atoms with Crippen molar-refractivity contribution >= 4 is 11.3 Å². The number of nitrogens with zero attached hydrogens (tertiary/aromatic N) is 1. The zero-order valence-electron chi connectivity index (χ0n) is 12.2. The molecule has 0 amide bonds. The number of aryl methyl sites for hydroxylation is 2. The Balaban J connectivity index is 1.99. The second-order valence-corrected chi connectivity index (χ2v) is 5.91. The summed E-state index contributed by atoms with van der Waals surface area (Å²) in [5, 5.41) is 12.8. The van der Waals surface area contributed by atoms with E-state index < -0.39 is 6.10 Å². The predicted octanol–water partition coefficient (Wildman–Crippen LogP) is 4.04. The highest BCUT2D eigenvalue weighted by molar-refractivity contribution is 7.09. The van der Waals surface area contributed by atoms with Crippen LogP contribution in [0.15, 0.2) is 23.6 Å². The first kappa shape index (κ1) is 15.0. The Morgan fingerprint density at radius 1 is 1.40 bits per heavy atom. The topological polar surface area (TPSA) is 42.4 Å². The van der Waals surface area contributed by atoms with Crippen molar-refractivity contribution < 1.29 is 9.84 Å². The van der Waals surface area contributed by atoms with E-state index in [-0.39, 0.29) is 0 Å². The van der Waals surface area contributed by atoms with E-state index in [4.69, 9.17) is 4.74 Å². The number of rotatable bonds is 6. The molecule has 0 saturated carbocycles. The molecule has 3 nitrogen and oxygen atoms in total. The van der Waals surface area contributed by atoms with E-state index in [1.165, 1.54) is 5.01 Å². The molecule has 2 aromatic rings. The summed E-state index contributed by atoms with van der Waals surface area (Å²) >= 11 is 1.70. The zero-order chi connectivity index (χ0) is 14.5. The summed E-state index contributed by atoms with van der Waals surface area (Å²) in [5.74, 6) is 0.847. The molecule has 0 fully saturated rings. The van der Waals surface area contributed by atoms with E-state index in [1.807, 2.05) is 25.1 Å². The molecule has 1 aromatic heterocycles. The molecular formula is C16H21NO2S. The van der Waals surface area contributed by atoms with Gasteiger partial charge in [0.25, 0.3) is 0 Å². The molecule has 0 spiro atoms. The average Bonchev–Trinajstić information content (AvgIpc) is 2.85. The van der Waals surface area contributed by atoms with Crippen LogP contribution in [0.4, 0.5) is 0 Å². The summed E-state index contributed by atoms with van der Waals surface area (Å²) in [5.41, 5.74) is 2.93. The number of aromatic nitrogens is 1. The lowest BCUT2D eigenvalue weighted by molar-refractivity contribution is 0.199. The van der Waals surface area contributed by atoms with Gasteiger partial charge in [-0.1, -0.05) is 13.0 Å². The van der Waals surface area contributed by atoms with Gasteiger partial charge in [-0.2, -0.15) is 0 Å². The second kappa shape index (κ2) is 6.86. The molecule has 2 rings (SSSR count). The van der Waals surface area contributed by atoms with Crippen molar-refractivity contribution in [2.24, 2.45) is 0 Å². The lowest BCUT2D eigenvalue weighted by Crippen LogP contribution is -1.99. The van der Waals surface area contributed by atoms with Gasteiger partial charge in [-0.3, -0.25) is 0 Å². The fourth-order valence-electron chi connectivity index (χ4n) is 1.99. The van der Waals surface area contributed by atoms with Gasteiger partial charge in [0.2, 0.25) is 0 Å². The molecule has 20 heavy (non-hydrogen) atoms. The summed E-state index contributed by atoms with van der Waals surface area (Å²) in [6.45, 7) is 6.41. The number of thiazole rings is 1. The van der Waals surface area contributed by atoms with Crippen LogP contribution in [0.5, 0.6) is 5.75 Å². The molecule has 4 heteroatoms. The molecule has 1 N–H and O–H groups in total. The highest BCUT2D eigenvalue weighted by Gasteiger charge is 2.07. The van der Waals surface area contributed by atoms with Gasteiger partial charge in [0, 0.05) is 5.38 Å². The van der Waals surface area contributed by atoms with Crippen molar-refractivity contribution in [1.29, 1.82) is 0 Å². The summed E-state index contributed by atoms with van der Waals surface area (Å²) in [6, 6.07) is 5.77. The summed E-state index contributed by atoms with van der Waals surface area (Å²) in [4.78, 5) is 4.54. The molecule has 1 atom stereocenters. The SMILES string of the molecule is CCCc1nc(COc2ccc([C@H](C)O)cc2C)cs1. The summed E-state index contributed by atoms with van der Waals surface area (Å²) in [6.07, 6.45) is 1.71. The highest BCUT2D eigenvalue weighted by atomic mass is 32.1. The quantitative estimate of drug-likeness (QED) is 0.873. The monoisotopic (exact) mass is 291 g/mol. The second-order valence-electron chi connectivity index (χ2n) is 4.97. The van der Waals surface area contributed by atoms with Crippen LogP contribution in [0.1, 0.15) is 48.2 Å². The van der Waals surface area contributed by atoms with Crippen molar-refractivity contribution in [3.63, 3.8) is 0 Å². The minimum Gasteiger partial charge on any atom is -0.487 e. The highest BCUT2D eigenvalue weighted by Crippen LogP contribution is 2.23. The van der Waals surface area contributed by atoms with Gasteiger partial charge in [-0.25, -0.2) is 4.98 Å². The number of ether oxygens (including phenoxy) is 1. The molecule has 0 bridgehead atoms. The zero-order valence-corrected chi connectivity index (χ0v) is 13.0. The molecule has 1 heterocycles. The maximum absolute atomic E-state index is 9.55. The third-order valence-corrected chi connectivity index (χ3v) is 4.08. The molecule has 108 valence electrons. The molecule has 0 aliphatic carbocycles. The number of hydrogen-bond acceptors (Lipinski definition) is 4. The number of aliphatic hydroxyl groups excluding tert-OH is 1. The first-order valence-electron chi connectivity index (χ1n) is 6.94. The van der Waals surface area contributed by atoms with Crippen LogP contribution in [0, 0.1) is 6.92 Å². The van der Waals surface area contributed by atoms with E-state index in [9.17, 15) is 5.11 Å². The van der Waals surface area contributed by atoms with Crippen LogP contribution in [0.2, 0.25) is 0 Å². The summed E-state index contributed by atoms with van der Waals surface area (Å²) < 4.78 is 5.81. The van der Waals surface area contributed by atoms with E-state index in [0.717, 1.165) is 35.4 Å². The molecule has 0 unspecified atom stereocenters. The van der Waals surface area contributed by atoms with Crippen LogP contribution >= 0.6 is 11.3 Å². The van der Waals surface area contributed by atoms with Gasteiger partial charge in [-0.05, 0) is 49.9 Å². The van der Waals surface area contributed by atoms with Crippen molar-refractivity contribution in [3.05, 3.63) is 45.4 Å². The Morgan fingerprint density at radius 3 is 2.85 bits per heavy atom. The normalized spacial score (nSPS) is 12.4. The molecule has 0 aliphatic rings. The maximum Gasteiger partial charge on any atom is 0.131 e. The standard InChI is InChI=1S/C16H21NO2S/c1-4-5-16-17-14(10-20-16)9-19-15-7-6-13(12(3)18)8-11(15)2/h6-8,10,12,18H,4-5,9H2,1-3H3/t12-/m0/s1. The third-order valence-electron chi connectivity index (χ3n) is 3.12. The largest absolute Gasteiger partial charge is 0.487 e. The van der Waals surface area contributed by atoms with Gasteiger partial charge in [0.1, 0.15) is 12.4 Å². The van der Waals surface area contributed by atoms with Crippen LogP contribution in [-0.2, 0) is 13.0 Å². The van der Waals surface area contributed by atoms with E-state index in [1.54, 1.807) is 18.3 Å². The molecule has 0 radical (unpaired) electrons. The Morgan fingerprint density at radius 2 is 2.20 bits per heavy atom. The minimum atomic E-state index is -0.446. The van der Waals surface area contributed by atoms with E-state index in [0.29, 0.717) is 6.61 Å². The Labute approximate surface area is 124 Å². The van der Waals surface area contributed by atoms with Crippen molar-refractivity contribution in [2.45, 2.75) is 46.3 Å². The predicted molar refractivity (Wildman–Crippen MR) is 82.3 cm³/mol. The van der Waals surface area contributed by atoms with Gasteiger partial charge in [0.15, 0.2) is 0 Å². The van der Waals surface area contributed by atoms with Gasteiger partial charge in [-0.15, -0.1) is 11.3 Å². The molecule has 0 aliphatic heterocycles. The Bertz CT molecular complexity index is 563. The third kappa shape index (κ3) is 3.81. The van der Waals surface area contributed by atoms with Gasteiger partial charge >= 0.3 is 0 Å². The van der Waals surface area contributed by atoms with Gasteiger partial charge in [0.05, 0.1) is 16.8 Å². The first-order valence-corrected chi connectivity index (χ1v) is 7.82. The van der Waals surface area contributed by atoms with E-state index in [2.05, 4.69) is 17.3 Å². The first-order chi connectivity index (χ1) is 9.60. The fourth-order valence-corrected chi connectivity index (χ4v) is 2.87. The lowest BCUT2D eigenvalue weighted by Gasteiger charge is -2.11. The van der Waals surface area contributed by atoms with Crippen molar-refractivity contribution in [1.82, 2.24) is 4.98 Å². The Hall–Kier alpha value is -1.39. The van der Waals surface area contributed by atoms with Crippen molar-refractivity contribution in [2.75, 3.05) is 0 Å². The van der Waals surface area contributed by atoms with Gasteiger partial charge < -0.3 is 9.84 Å². The van der Waals surface area contributed by atoms with Crippen LogP contribution < -0.4 is 4.74 Å². The summed E-state index contributed by atoms with van der Waals surface area (Å²) in [7, 11) is 0. The maximum atomic E-state index is 9.55. The number of benzene rings is 1. The Kier molecular flexibility index (Phi) is 5.15.